The van der Waals surface area contributed by atoms with Gasteiger partial charge in [-0.05, 0) is 17.5 Å². The number of nitrogens with zero attached hydrogens (tertiary/aromatic N) is 1. The van der Waals surface area contributed by atoms with Gasteiger partial charge >= 0.3 is 0 Å². The summed E-state index contributed by atoms with van der Waals surface area (Å²) < 4.78 is 1.50. The average molecular weight is 193 g/mol. The molecular formula is C11H19N3. The van der Waals surface area contributed by atoms with E-state index in [1.54, 1.807) is 6.07 Å². The van der Waals surface area contributed by atoms with Crippen molar-refractivity contribution in [2.45, 2.75) is 33.6 Å². The van der Waals surface area contributed by atoms with Crippen molar-refractivity contribution in [3.8, 4) is 0 Å². The van der Waals surface area contributed by atoms with Gasteiger partial charge < -0.3 is 0 Å². The molecule has 3 heteroatoms. The van der Waals surface area contributed by atoms with E-state index in [1.165, 1.54) is 4.57 Å². The van der Waals surface area contributed by atoms with Gasteiger partial charge in [0.05, 0.1) is 6.34 Å². The van der Waals surface area contributed by atoms with Crippen LogP contribution in [0.25, 0.3) is 0 Å². The summed E-state index contributed by atoms with van der Waals surface area (Å²) in [6.07, 6.45) is 2.97. The highest BCUT2D eigenvalue weighted by atomic mass is 15.0. The average Bonchev–Trinajstić information content (AvgIpc) is 2.21. The van der Waals surface area contributed by atoms with Crippen molar-refractivity contribution in [1.29, 1.82) is 10.8 Å². The molecule has 1 rings (SSSR count). The van der Waals surface area contributed by atoms with Crippen LogP contribution in [0.4, 0.5) is 0 Å². The van der Waals surface area contributed by atoms with Crippen LogP contribution in [-0.4, -0.2) is 10.9 Å². The fourth-order valence-corrected chi connectivity index (χ4v) is 0.983. The lowest BCUT2D eigenvalue weighted by atomic mass is 10.1. The molecule has 0 unspecified atom stereocenters. The summed E-state index contributed by atoms with van der Waals surface area (Å²) in [7, 11) is 0. The molecule has 1 heterocycles. The minimum atomic E-state index is 0.342. The second-order valence-electron chi connectivity index (χ2n) is 3.04. The van der Waals surface area contributed by atoms with E-state index in [0.717, 1.165) is 11.9 Å². The minimum absolute atomic E-state index is 0.342. The third kappa shape index (κ3) is 3.17. The number of rotatable bonds is 2. The van der Waals surface area contributed by atoms with Crippen LogP contribution in [-0.2, 0) is 0 Å². The van der Waals surface area contributed by atoms with E-state index >= 15 is 0 Å². The quantitative estimate of drug-likeness (QED) is 0.536. The molecule has 0 bridgehead atoms. The number of nitrogens with one attached hydrogen (secondary N) is 2. The Morgan fingerprint density at radius 2 is 1.86 bits per heavy atom. The van der Waals surface area contributed by atoms with Crippen molar-refractivity contribution in [1.82, 2.24) is 4.57 Å². The van der Waals surface area contributed by atoms with Crippen LogP contribution in [0.3, 0.4) is 0 Å². The van der Waals surface area contributed by atoms with Gasteiger partial charge in [-0.15, -0.1) is 0 Å². The predicted octanol–water partition coefficient (Wildman–Crippen LogP) is 2.57. The maximum absolute atomic E-state index is 7.42. The highest BCUT2D eigenvalue weighted by molar-refractivity contribution is 5.54. The molecular weight excluding hydrogens is 174 g/mol. The minimum Gasteiger partial charge on any atom is -0.293 e. The topological polar surface area (TPSA) is 52.6 Å². The summed E-state index contributed by atoms with van der Waals surface area (Å²) in [6, 6.07) is 3.63. The van der Waals surface area contributed by atoms with Gasteiger partial charge in [-0.25, -0.2) is 0 Å². The van der Waals surface area contributed by atoms with Crippen molar-refractivity contribution < 1.29 is 0 Å². The lowest BCUT2D eigenvalue weighted by molar-refractivity contribution is 0.837. The molecule has 1 aromatic heterocycles. The van der Waals surface area contributed by atoms with E-state index in [2.05, 4.69) is 13.8 Å². The molecule has 0 aliphatic rings. The van der Waals surface area contributed by atoms with Crippen LogP contribution >= 0.6 is 0 Å². The third-order valence-electron chi connectivity index (χ3n) is 1.81. The zero-order chi connectivity index (χ0) is 11.1. The molecule has 0 saturated carbocycles. The van der Waals surface area contributed by atoms with E-state index in [-0.39, 0.29) is 0 Å². The van der Waals surface area contributed by atoms with Crippen molar-refractivity contribution in [3.05, 3.63) is 29.4 Å². The van der Waals surface area contributed by atoms with Gasteiger partial charge in [0.1, 0.15) is 5.49 Å². The van der Waals surface area contributed by atoms with Crippen LogP contribution in [0.15, 0.2) is 18.3 Å². The summed E-state index contributed by atoms with van der Waals surface area (Å²) in [4.78, 5) is 0. The standard InChI is InChI=1S/C9H13N3.C2H6/c1-7(2)8-3-4-9(11)12(5-8)6-10;1-2/h3-7,10-11H,1-2H3;1-2H3. The molecule has 0 spiro atoms. The van der Waals surface area contributed by atoms with Gasteiger partial charge in [-0.1, -0.05) is 33.8 Å². The second kappa shape index (κ2) is 6.13. The fourth-order valence-electron chi connectivity index (χ4n) is 0.983. The summed E-state index contributed by atoms with van der Waals surface area (Å²) in [5.74, 6) is 0.441. The van der Waals surface area contributed by atoms with Crippen LogP contribution in [0.1, 0.15) is 39.2 Å². The lowest BCUT2D eigenvalue weighted by Gasteiger charge is -2.06. The zero-order valence-electron chi connectivity index (χ0n) is 9.33. The Labute approximate surface area is 85.4 Å². The van der Waals surface area contributed by atoms with Gasteiger partial charge in [-0.3, -0.25) is 15.4 Å². The fraction of sp³-hybridized carbons (Fsp3) is 0.455. The number of aromatic nitrogens is 1. The first-order valence-corrected chi connectivity index (χ1v) is 4.92. The van der Waals surface area contributed by atoms with Gasteiger partial charge in [0.25, 0.3) is 0 Å². The van der Waals surface area contributed by atoms with E-state index in [4.69, 9.17) is 10.8 Å². The van der Waals surface area contributed by atoms with Gasteiger partial charge in [0.15, 0.2) is 0 Å². The molecule has 0 saturated heterocycles. The van der Waals surface area contributed by atoms with Crippen LogP contribution in [0.2, 0.25) is 0 Å². The molecule has 0 amide bonds. The molecule has 0 radical (unpaired) electrons. The highest BCUT2D eigenvalue weighted by Crippen LogP contribution is 2.10. The molecule has 2 N–H and O–H groups in total. The molecule has 78 valence electrons. The van der Waals surface area contributed by atoms with E-state index in [9.17, 15) is 0 Å². The summed E-state index contributed by atoms with van der Waals surface area (Å²) in [5, 5.41) is 14.5. The number of hydrogen-bond acceptors (Lipinski definition) is 2. The Balaban J connectivity index is 0.000000791. The van der Waals surface area contributed by atoms with Gasteiger partial charge in [-0.2, -0.15) is 0 Å². The number of pyridine rings is 1. The normalized spacial score (nSPS) is 9.21. The van der Waals surface area contributed by atoms with Crippen molar-refractivity contribution in [2.75, 3.05) is 0 Å². The third-order valence-corrected chi connectivity index (χ3v) is 1.81. The first-order valence-electron chi connectivity index (χ1n) is 4.92. The van der Waals surface area contributed by atoms with Gasteiger partial charge in [0.2, 0.25) is 0 Å². The van der Waals surface area contributed by atoms with Crippen molar-refractivity contribution >= 4 is 6.34 Å². The van der Waals surface area contributed by atoms with Crippen molar-refractivity contribution in [3.63, 3.8) is 0 Å². The monoisotopic (exact) mass is 193 g/mol. The van der Waals surface area contributed by atoms with E-state index < -0.39 is 0 Å². The van der Waals surface area contributed by atoms with E-state index in [1.807, 2.05) is 26.1 Å². The summed E-state index contributed by atoms with van der Waals surface area (Å²) >= 11 is 0. The Morgan fingerprint density at radius 3 is 2.29 bits per heavy atom. The molecule has 0 fully saturated rings. The molecule has 0 aliphatic heterocycles. The molecule has 0 atom stereocenters. The Kier molecular flexibility index (Phi) is 5.53. The van der Waals surface area contributed by atoms with Gasteiger partial charge in [0, 0.05) is 6.20 Å². The Morgan fingerprint density at radius 1 is 1.29 bits per heavy atom. The maximum atomic E-state index is 7.42. The van der Waals surface area contributed by atoms with E-state index in [0.29, 0.717) is 11.4 Å². The molecule has 0 aromatic carbocycles. The predicted molar refractivity (Wildman–Crippen MR) is 59.9 cm³/mol. The molecule has 14 heavy (non-hydrogen) atoms. The molecule has 0 aliphatic carbocycles. The molecule has 3 nitrogen and oxygen atoms in total. The largest absolute Gasteiger partial charge is 0.293 e. The Bertz CT molecular complexity index is 337. The van der Waals surface area contributed by atoms with Crippen LogP contribution in [0.5, 0.6) is 0 Å². The first-order chi connectivity index (χ1) is 6.65. The highest BCUT2D eigenvalue weighted by Gasteiger charge is 1.98. The first kappa shape index (κ1) is 12.6. The summed E-state index contributed by atoms with van der Waals surface area (Å²) in [5.41, 5.74) is 1.49. The maximum Gasteiger partial charge on any atom is 0.129 e. The zero-order valence-corrected chi connectivity index (χ0v) is 9.33. The molecule has 1 aromatic rings. The second-order valence-corrected chi connectivity index (χ2v) is 3.04. The van der Waals surface area contributed by atoms with Crippen LogP contribution in [0, 0.1) is 10.8 Å². The number of hydrogen-bond donors (Lipinski definition) is 2. The SMILES string of the molecule is CC.CC(C)c1ccc(=N)n(C=N)c1. The smallest absolute Gasteiger partial charge is 0.129 e. The van der Waals surface area contributed by atoms with Crippen LogP contribution < -0.4 is 5.49 Å². The summed E-state index contributed by atoms with van der Waals surface area (Å²) in [6.45, 7) is 8.18. The Hall–Kier alpha value is -1.38. The lowest BCUT2D eigenvalue weighted by Crippen LogP contribution is -2.18. The van der Waals surface area contributed by atoms with Crippen molar-refractivity contribution in [2.24, 2.45) is 0 Å².